The Kier molecular flexibility index (Phi) is 9.58. The highest BCUT2D eigenvalue weighted by Gasteiger charge is 2.13. The summed E-state index contributed by atoms with van der Waals surface area (Å²) in [6.45, 7) is 10.7. The summed E-state index contributed by atoms with van der Waals surface area (Å²) in [6, 6.07) is 0. The minimum atomic E-state index is -0.0233. The molecular weight excluding hydrogens is 236 g/mol. The molecule has 3 heteroatoms. The van der Waals surface area contributed by atoms with Crippen molar-refractivity contribution in [1.82, 2.24) is 5.32 Å². The Hall–Kier alpha value is -0.830. The van der Waals surface area contributed by atoms with Crippen molar-refractivity contribution in [2.24, 2.45) is 0 Å². The molecule has 0 saturated heterocycles. The van der Waals surface area contributed by atoms with E-state index in [0.717, 1.165) is 24.0 Å². The molecule has 0 unspecified atom stereocenters. The smallest absolute Gasteiger partial charge is 0.246 e. The zero-order valence-corrected chi connectivity index (χ0v) is 13.4. The first-order chi connectivity index (χ1) is 8.89. The van der Waals surface area contributed by atoms with Crippen LogP contribution in [-0.2, 0) is 4.79 Å². The predicted octanol–water partition coefficient (Wildman–Crippen LogP) is 3.12. The largest absolute Gasteiger partial charge is 0.352 e. The lowest BCUT2D eigenvalue weighted by Crippen LogP contribution is -2.42. The van der Waals surface area contributed by atoms with E-state index in [9.17, 15) is 4.79 Å². The van der Waals surface area contributed by atoms with Crippen molar-refractivity contribution in [3.63, 3.8) is 0 Å². The molecule has 0 aliphatic rings. The molecule has 0 rings (SSSR count). The molecule has 3 nitrogen and oxygen atoms in total. The molecule has 0 aliphatic carbocycles. The predicted molar refractivity (Wildman–Crippen MR) is 83.0 cm³/mol. The van der Waals surface area contributed by atoms with Crippen LogP contribution in [0.5, 0.6) is 0 Å². The van der Waals surface area contributed by atoms with Gasteiger partial charge in [-0.1, -0.05) is 32.8 Å². The Morgan fingerprint density at radius 1 is 1.05 bits per heavy atom. The van der Waals surface area contributed by atoms with Gasteiger partial charge in [-0.3, -0.25) is 4.79 Å². The Bertz CT molecular complexity index is 272. The fraction of sp³-hybridized carbons (Fsp3) is 0.812. The molecule has 0 aromatic carbocycles. The van der Waals surface area contributed by atoms with Gasteiger partial charge in [-0.25, -0.2) is 0 Å². The second-order valence-electron chi connectivity index (χ2n) is 6.19. The second-order valence-corrected chi connectivity index (χ2v) is 6.19. The second kappa shape index (κ2) is 10.0. The monoisotopic (exact) mass is 269 g/mol. The van der Waals surface area contributed by atoms with Gasteiger partial charge in [-0.15, -0.1) is 0 Å². The van der Waals surface area contributed by atoms with Gasteiger partial charge in [0.1, 0.15) is 0 Å². The molecule has 0 bridgehead atoms. The van der Waals surface area contributed by atoms with Gasteiger partial charge < -0.3 is 9.80 Å². The van der Waals surface area contributed by atoms with E-state index in [-0.39, 0.29) is 5.91 Å². The van der Waals surface area contributed by atoms with E-state index in [1.165, 1.54) is 38.6 Å². The van der Waals surface area contributed by atoms with Crippen LogP contribution < -0.4 is 5.32 Å². The molecule has 0 spiro atoms. The highest BCUT2D eigenvalue weighted by atomic mass is 16.1. The van der Waals surface area contributed by atoms with Crippen molar-refractivity contribution in [1.29, 1.82) is 0 Å². The van der Waals surface area contributed by atoms with Crippen molar-refractivity contribution < 1.29 is 9.28 Å². The molecule has 0 atom stereocenters. The molecule has 0 fully saturated rings. The third-order valence-electron chi connectivity index (χ3n) is 3.48. The van der Waals surface area contributed by atoms with Gasteiger partial charge in [0, 0.05) is 18.5 Å². The van der Waals surface area contributed by atoms with Crippen LogP contribution in [0.15, 0.2) is 12.2 Å². The van der Waals surface area contributed by atoms with Gasteiger partial charge in [-0.05, 0) is 19.8 Å². The summed E-state index contributed by atoms with van der Waals surface area (Å²) in [7, 11) is 4.56. The summed E-state index contributed by atoms with van der Waals surface area (Å²) in [6.07, 6.45) is 7.72. The maximum absolute atomic E-state index is 11.3. The van der Waals surface area contributed by atoms with Crippen molar-refractivity contribution >= 4 is 5.91 Å². The fourth-order valence-corrected chi connectivity index (χ4v) is 2.12. The van der Waals surface area contributed by atoms with Crippen molar-refractivity contribution in [3.05, 3.63) is 12.2 Å². The maximum atomic E-state index is 11.3. The van der Waals surface area contributed by atoms with E-state index in [1.54, 1.807) is 6.92 Å². The first kappa shape index (κ1) is 18.2. The number of unbranched alkanes of at least 4 members (excludes halogenated alkanes) is 4. The van der Waals surface area contributed by atoms with Crippen LogP contribution in [0, 0.1) is 0 Å². The number of carbonyl (C=O) groups is 1. The number of hydrogen-bond donors (Lipinski definition) is 1. The molecule has 0 radical (unpaired) electrons. The number of nitrogens with one attached hydrogen (secondary N) is 1. The summed E-state index contributed by atoms with van der Waals surface area (Å²) >= 11 is 0. The average molecular weight is 269 g/mol. The van der Waals surface area contributed by atoms with Crippen LogP contribution in [0.25, 0.3) is 0 Å². The summed E-state index contributed by atoms with van der Waals surface area (Å²) in [4.78, 5) is 11.3. The van der Waals surface area contributed by atoms with E-state index in [1.807, 2.05) is 0 Å². The lowest BCUT2D eigenvalue weighted by atomic mass is 10.1. The Labute approximate surface area is 119 Å². The minimum absolute atomic E-state index is 0.0233. The normalized spacial score (nSPS) is 11.4. The van der Waals surface area contributed by atoms with Gasteiger partial charge in [0.15, 0.2) is 0 Å². The van der Waals surface area contributed by atoms with Crippen LogP contribution in [0.3, 0.4) is 0 Å². The molecule has 1 N–H and O–H groups in total. The Morgan fingerprint density at radius 2 is 1.63 bits per heavy atom. The lowest BCUT2D eigenvalue weighted by Gasteiger charge is -2.30. The standard InChI is InChI=1S/C16H32N2O/c1-6-7-8-9-10-13-18(4,5)14-11-12-17-16(19)15(2)3/h2,6-14H2,1,3-5H3/p+1. The van der Waals surface area contributed by atoms with Gasteiger partial charge >= 0.3 is 0 Å². The number of carbonyl (C=O) groups excluding carboxylic acids is 1. The van der Waals surface area contributed by atoms with Crippen molar-refractivity contribution in [3.8, 4) is 0 Å². The molecule has 0 saturated carbocycles. The first-order valence-corrected chi connectivity index (χ1v) is 7.65. The number of rotatable bonds is 11. The van der Waals surface area contributed by atoms with Crippen LogP contribution >= 0.6 is 0 Å². The third-order valence-corrected chi connectivity index (χ3v) is 3.48. The summed E-state index contributed by atoms with van der Waals surface area (Å²) < 4.78 is 1.05. The van der Waals surface area contributed by atoms with Gasteiger partial charge in [-0.2, -0.15) is 0 Å². The first-order valence-electron chi connectivity index (χ1n) is 7.65. The zero-order valence-electron chi connectivity index (χ0n) is 13.4. The van der Waals surface area contributed by atoms with E-state index >= 15 is 0 Å². The van der Waals surface area contributed by atoms with Crippen molar-refractivity contribution in [2.75, 3.05) is 33.7 Å². The average Bonchev–Trinajstić information content (AvgIpc) is 2.34. The van der Waals surface area contributed by atoms with Crippen LogP contribution in [0.4, 0.5) is 0 Å². The van der Waals surface area contributed by atoms with Gasteiger partial charge in [0.2, 0.25) is 5.91 Å². The topological polar surface area (TPSA) is 29.1 Å². The number of quaternary nitrogens is 1. The lowest BCUT2D eigenvalue weighted by molar-refractivity contribution is -0.890. The molecule has 0 aliphatic heterocycles. The Morgan fingerprint density at radius 3 is 2.21 bits per heavy atom. The highest BCUT2D eigenvalue weighted by molar-refractivity contribution is 5.91. The molecule has 0 aromatic rings. The number of amides is 1. The minimum Gasteiger partial charge on any atom is -0.352 e. The fourth-order valence-electron chi connectivity index (χ4n) is 2.12. The quantitative estimate of drug-likeness (QED) is 0.348. The SMILES string of the molecule is C=C(C)C(=O)NCCC[N+](C)(C)CCCCCCC. The maximum Gasteiger partial charge on any atom is 0.246 e. The third kappa shape index (κ3) is 10.8. The van der Waals surface area contributed by atoms with Gasteiger partial charge in [0.25, 0.3) is 0 Å². The summed E-state index contributed by atoms with van der Waals surface area (Å²) in [5.74, 6) is -0.0233. The summed E-state index contributed by atoms with van der Waals surface area (Å²) in [5, 5.41) is 2.89. The van der Waals surface area contributed by atoms with E-state index in [0.29, 0.717) is 5.57 Å². The molecule has 0 aromatic heterocycles. The molecule has 1 amide bonds. The van der Waals surface area contributed by atoms with Crippen LogP contribution in [0.1, 0.15) is 52.4 Å². The molecular formula is C16H33N2O+. The zero-order chi connectivity index (χ0) is 14.7. The van der Waals surface area contributed by atoms with Crippen molar-refractivity contribution in [2.45, 2.75) is 52.4 Å². The number of nitrogens with zero attached hydrogens (tertiary/aromatic N) is 1. The van der Waals surface area contributed by atoms with Crippen LogP contribution in [-0.4, -0.2) is 44.1 Å². The summed E-state index contributed by atoms with van der Waals surface area (Å²) in [5.41, 5.74) is 0.588. The van der Waals surface area contributed by atoms with Crippen LogP contribution in [0.2, 0.25) is 0 Å². The highest BCUT2D eigenvalue weighted by Crippen LogP contribution is 2.07. The van der Waals surface area contributed by atoms with E-state index in [4.69, 9.17) is 0 Å². The molecule has 0 heterocycles. The van der Waals surface area contributed by atoms with E-state index in [2.05, 4.69) is 32.9 Å². The van der Waals surface area contributed by atoms with E-state index < -0.39 is 0 Å². The van der Waals surface area contributed by atoms with Gasteiger partial charge in [0.05, 0.1) is 27.2 Å². The molecule has 19 heavy (non-hydrogen) atoms. The Balaban J connectivity index is 3.61. The number of hydrogen-bond acceptors (Lipinski definition) is 1. The molecule has 112 valence electrons.